The van der Waals surface area contributed by atoms with Crippen molar-refractivity contribution in [2.45, 2.75) is 13.5 Å². The quantitative estimate of drug-likeness (QED) is 0.783. The highest BCUT2D eigenvalue weighted by Gasteiger charge is 2.14. The fourth-order valence-corrected chi connectivity index (χ4v) is 2.46. The third kappa shape index (κ3) is 2.32. The predicted molar refractivity (Wildman–Crippen MR) is 71.0 cm³/mol. The van der Waals surface area contributed by atoms with Gasteiger partial charge >= 0.3 is 0 Å². The lowest BCUT2D eigenvalue weighted by Gasteiger charge is -2.02. The van der Waals surface area contributed by atoms with Gasteiger partial charge in [-0.15, -0.1) is 15.3 Å². The summed E-state index contributed by atoms with van der Waals surface area (Å²) in [5.74, 6) is 0.479. The molecule has 1 aromatic carbocycles. The lowest BCUT2D eigenvalue weighted by Crippen LogP contribution is -2.22. The number of rotatable bonds is 3. The number of aromatic nitrogens is 4. The smallest absolute Gasteiger partial charge is 0.282 e. The number of benzene rings is 1. The molecule has 2 aromatic heterocycles. The first-order valence-electron chi connectivity index (χ1n) is 5.75. The summed E-state index contributed by atoms with van der Waals surface area (Å²) in [5.41, 5.74) is 1.05. The van der Waals surface area contributed by atoms with Crippen LogP contribution in [0.1, 0.15) is 21.2 Å². The van der Waals surface area contributed by atoms with E-state index in [2.05, 4.69) is 20.6 Å². The molecule has 1 N–H and O–H groups in total. The van der Waals surface area contributed by atoms with Crippen molar-refractivity contribution in [1.29, 1.82) is 0 Å². The number of carbonyl (C=O) groups excluding carboxylic acids is 1. The van der Waals surface area contributed by atoms with Crippen molar-refractivity contribution in [3.8, 4) is 0 Å². The second-order valence-electron chi connectivity index (χ2n) is 4.02. The summed E-state index contributed by atoms with van der Waals surface area (Å²) in [7, 11) is 0. The van der Waals surface area contributed by atoms with Crippen molar-refractivity contribution in [1.82, 2.24) is 25.1 Å². The van der Waals surface area contributed by atoms with E-state index >= 15 is 0 Å². The lowest BCUT2D eigenvalue weighted by molar-refractivity contribution is 0.0949. The second-order valence-corrected chi connectivity index (χ2v) is 4.97. The van der Waals surface area contributed by atoms with Gasteiger partial charge in [-0.3, -0.25) is 4.79 Å². The summed E-state index contributed by atoms with van der Waals surface area (Å²) < 4.78 is 1.57. The highest BCUT2D eigenvalue weighted by molar-refractivity contribution is 7.18. The molecule has 0 fully saturated rings. The number of amides is 1. The molecule has 6 nitrogen and oxygen atoms in total. The number of nitrogens with zero attached hydrogens (tertiary/aromatic N) is 4. The highest BCUT2D eigenvalue weighted by Crippen LogP contribution is 2.13. The Morgan fingerprint density at radius 3 is 2.84 bits per heavy atom. The third-order valence-corrected chi connectivity index (χ3v) is 3.53. The van der Waals surface area contributed by atoms with E-state index in [0.29, 0.717) is 22.3 Å². The Hall–Kier alpha value is -2.28. The van der Waals surface area contributed by atoms with Crippen LogP contribution in [0.5, 0.6) is 0 Å². The number of nitrogens with one attached hydrogen (secondary N) is 1. The van der Waals surface area contributed by atoms with Crippen LogP contribution in [0, 0.1) is 6.92 Å². The number of hydrogen-bond donors (Lipinski definition) is 1. The molecule has 0 bridgehead atoms. The molecule has 7 heteroatoms. The zero-order chi connectivity index (χ0) is 13.2. The zero-order valence-electron chi connectivity index (χ0n) is 10.2. The fourth-order valence-electron chi connectivity index (χ4n) is 1.66. The molecule has 1 amide bonds. The van der Waals surface area contributed by atoms with Gasteiger partial charge in [0.05, 0.1) is 0 Å². The molecule has 0 saturated carbocycles. The van der Waals surface area contributed by atoms with Crippen LogP contribution in [0.15, 0.2) is 30.3 Å². The molecule has 0 aliphatic heterocycles. The molecule has 0 atom stereocenters. The number of hydrogen-bond acceptors (Lipinski definition) is 5. The van der Waals surface area contributed by atoms with Crippen LogP contribution in [0.25, 0.3) is 4.96 Å². The van der Waals surface area contributed by atoms with Gasteiger partial charge in [0, 0.05) is 6.54 Å². The fraction of sp³-hybridized carbons (Fsp3) is 0.167. The van der Waals surface area contributed by atoms with Gasteiger partial charge in [0.1, 0.15) is 0 Å². The van der Waals surface area contributed by atoms with Crippen LogP contribution >= 0.6 is 11.3 Å². The Morgan fingerprint density at radius 1 is 1.32 bits per heavy atom. The minimum absolute atomic E-state index is 0.196. The maximum Gasteiger partial charge on any atom is 0.282 e. The average molecular weight is 273 g/mol. The minimum Gasteiger partial charge on any atom is -0.346 e. The first kappa shape index (κ1) is 11.8. The standard InChI is InChI=1S/C12H11N5OS/c1-8-14-15-12-17(8)16-11(19-12)10(18)13-7-9-5-3-2-4-6-9/h2-6H,7H2,1H3,(H,13,18). The minimum atomic E-state index is -0.196. The van der Waals surface area contributed by atoms with Gasteiger partial charge < -0.3 is 5.32 Å². The third-order valence-electron chi connectivity index (χ3n) is 2.64. The molecule has 2 heterocycles. The molecule has 3 aromatic rings. The summed E-state index contributed by atoms with van der Waals surface area (Å²) in [4.78, 5) is 12.6. The van der Waals surface area contributed by atoms with Gasteiger partial charge in [-0.05, 0) is 12.5 Å². The Balaban J connectivity index is 1.73. The second kappa shape index (κ2) is 4.77. The van der Waals surface area contributed by atoms with Gasteiger partial charge in [-0.1, -0.05) is 41.7 Å². The van der Waals surface area contributed by atoms with E-state index in [4.69, 9.17) is 0 Å². The maximum atomic E-state index is 12.0. The van der Waals surface area contributed by atoms with Crippen LogP contribution in [0.3, 0.4) is 0 Å². The lowest BCUT2D eigenvalue weighted by atomic mass is 10.2. The van der Waals surface area contributed by atoms with Gasteiger partial charge in [0.2, 0.25) is 9.97 Å². The van der Waals surface area contributed by atoms with Gasteiger partial charge in [0.25, 0.3) is 5.91 Å². The van der Waals surface area contributed by atoms with Crippen molar-refractivity contribution in [3.05, 3.63) is 46.7 Å². The monoisotopic (exact) mass is 273 g/mol. The van der Waals surface area contributed by atoms with Gasteiger partial charge in [0.15, 0.2) is 5.82 Å². The van der Waals surface area contributed by atoms with Crippen molar-refractivity contribution in [3.63, 3.8) is 0 Å². The predicted octanol–water partition coefficient (Wildman–Crippen LogP) is 1.42. The molecule has 0 aliphatic rings. The van der Waals surface area contributed by atoms with Crippen LogP contribution in [0.4, 0.5) is 0 Å². The molecule has 0 aliphatic carbocycles. The van der Waals surface area contributed by atoms with Crippen molar-refractivity contribution in [2.24, 2.45) is 0 Å². The topological polar surface area (TPSA) is 72.2 Å². The molecular formula is C12H11N5OS. The summed E-state index contributed by atoms with van der Waals surface area (Å²) in [6.07, 6.45) is 0. The summed E-state index contributed by atoms with van der Waals surface area (Å²) in [6, 6.07) is 9.74. The average Bonchev–Trinajstić information content (AvgIpc) is 3.00. The van der Waals surface area contributed by atoms with E-state index in [1.54, 1.807) is 11.4 Å². The molecule has 3 rings (SSSR count). The Labute approximate surface area is 113 Å². The van der Waals surface area contributed by atoms with Crippen LogP contribution in [-0.4, -0.2) is 25.7 Å². The molecular weight excluding hydrogens is 262 g/mol. The zero-order valence-corrected chi connectivity index (χ0v) is 11.0. The van der Waals surface area contributed by atoms with E-state index in [1.165, 1.54) is 11.3 Å². The van der Waals surface area contributed by atoms with E-state index in [-0.39, 0.29) is 5.91 Å². The van der Waals surface area contributed by atoms with Gasteiger partial charge in [-0.25, -0.2) is 0 Å². The van der Waals surface area contributed by atoms with Crippen molar-refractivity contribution < 1.29 is 4.79 Å². The Kier molecular flexibility index (Phi) is 2.96. The summed E-state index contributed by atoms with van der Waals surface area (Å²) >= 11 is 1.23. The largest absolute Gasteiger partial charge is 0.346 e. The Bertz CT molecular complexity index is 718. The molecule has 0 radical (unpaired) electrons. The molecule has 96 valence electrons. The van der Waals surface area contributed by atoms with Crippen LogP contribution < -0.4 is 5.32 Å². The first-order chi connectivity index (χ1) is 9.24. The SMILES string of the molecule is Cc1nnc2sc(C(=O)NCc3ccccc3)nn12. The molecule has 0 spiro atoms. The van der Waals surface area contributed by atoms with Crippen LogP contribution in [-0.2, 0) is 6.54 Å². The van der Waals surface area contributed by atoms with Crippen molar-refractivity contribution >= 4 is 22.2 Å². The van der Waals surface area contributed by atoms with E-state index in [9.17, 15) is 4.79 Å². The normalized spacial score (nSPS) is 10.8. The first-order valence-corrected chi connectivity index (χ1v) is 6.56. The molecule has 0 saturated heterocycles. The summed E-state index contributed by atoms with van der Waals surface area (Å²) in [5, 5.41) is 15.2. The summed E-state index contributed by atoms with van der Waals surface area (Å²) in [6.45, 7) is 2.28. The van der Waals surface area contributed by atoms with E-state index in [0.717, 1.165) is 5.56 Å². The number of fused-ring (bicyclic) bond motifs is 1. The van der Waals surface area contributed by atoms with E-state index < -0.39 is 0 Å². The number of carbonyl (C=O) groups is 1. The van der Waals surface area contributed by atoms with Crippen molar-refractivity contribution in [2.75, 3.05) is 0 Å². The molecule has 0 unspecified atom stereocenters. The maximum absolute atomic E-state index is 12.0. The van der Waals surface area contributed by atoms with Gasteiger partial charge in [-0.2, -0.15) is 4.52 Å². The highest BCUT2D eigenvalue weighted by atomic mass is 32.1. The number of aryl methyl sites for hydroxylation is 1. The Morgan fingerprint density at radius 2 is 2.11 bits per heavy atom. The van der Waals surface area contributed by atoms with E-state index in [1.807, 2.05) is 30.3 Å². The van der Waals surface area contributed by atoms with Crippen LogP contribution in [0.2, 0.25) is 0 Å². The molecule has 19 heavy (non-hydrogen) atoms.